The van der Waals surface area contributed by atoms with Gasteiger partial charge in [-0.1, -0.05) is 47.3 Å². The summed E-state index contributed by atoms with van der Waals surface area (Å²) in [7, 11) is 0. The van der Waals surface area contributed by atoms with Crippen LogP contribution in [0, 0.1) is 57.2 Å². The van der Waals surface area contributed by atoms with Gasteiger partial charge in [0.1, 0.15) is 6.10 Å². The molecular formula is C34H46O8. The number of ketones is 2. The smallest absolute Gasteiger partial charge is 0.303 e. The normalized spacial score (nSPS) is 47.8. The minimum absolute atomic E-state index is 0.0317. The van der Waals surface area contributed by atoms with Gasteiger partial charge >= 0.3 is 11.9 Å². The van der Waals surface area contributed by atoms with Gasteiger partial charge in [0.15, 0.2) is 17.7 Å². The van der Waals surface area contributed by atoms with E-state index in [9.17, 15) is 24.3 Å². The molecule has 2 spiro atoms. The fourth-order valence-electron chi connectivity index (χ4n) is 11.2. The second-order valence-electron chi connectivity index (χ2n) is 15.0. The number of carbonyl (C=O) groups is 4. The molecule has 6 rings (SSSR count). The van der Waals surface area contributed by atoms with Crippen LogP contribution in [-0.4, -0.2) is 59.6 Å². The third kappa shape index (κ3) is 3.66. The molecular weight excluding hydrogens is 536 g/mol. The van der Waals surface area contributed by atoms with Crippen LogP contribution in [0.3, 0.4) is 0 Å². The van der Waals surface area contributed by atoms with Crippen molar-refractivity contribution < 1.29 is 38.5 Å². The molecule has 6 aliphatic rings. The van der Waals surface area contributed by atoms with E-state index in [0.717, 1.165) is 19.3 Å². The number of hydrogen-bond acceptors (Lipinski definition) is 8. The van der Waals surface area contributed by atoms with Gasteiger partial charge in [-0.3, -0.25) is 19.2 Å². The fourth-order valence-corrected chi connectivity index (χ4v) is 11.2. The van der Waals surface area contributed by atoms with Crippen LogP contribution < -0.4 is 0 Å². The Morgan fingerprint density at radius 1 is 1.12 bits per heavy atom. The highest BCUT2D eigenvalue weighted by Gasteiger charge is 2.88. The molecule has 0 bridgehead atoms. The predicted molar refractivity (Wildman–Crippen MR) is 153 cm³/mol. The molecule has 4 saturated carbocycles. The van der Waals surface area contributed by atoms with Gasteiger partial charge < -0.3 is 19.3 Å². The highest BCUT2D eigenvalue weighted by Crippen LogP contribution is 2.89. The number of hydrogen-bond donors (Lipinski definition) is 1. The van der Waals surface area contributed by atoms with Gasteiger partial charge in [-0.2, -0.15) is 0 Å². The van der Waals surface area contributed by atoms with Crippen molar-refractivity contribution in [3.05, 3.63) is 24.3 Å². The first kappa shape index (κ1) is 29.7. The van der Waals surface area contributed by atoms with Gasteiger partial charge in [0.25, 0.3) is 0 Å². The van der Waals surface area contributed by atoms with Gasteiger partial charge in [-0.05, 0) is 53.6 Å². The summed E-state index contributed by atoms with van der Waals surface area (Å²) in [4.78, 5) is 51.3. The third-order valence-electron chi connectivity index (χ3n) is 13.3. The standard InChI is InChI=1S/C34H46O8/c1-16(14-35)17(2)26(39)27(41-21(6)37)19(4)24-23(40-20(5)36)13-32(8)30-29-28(42-29)25-18(3)22(38)9-10-33(25)15-34(30,33)12-11-31(24,32)7/h9-10,16,18-19,23-25,27-30,35H,2,11-15H2,1,3-8H3/t16-,18+,19?,23-,24-,25+,27+,28-,29-,30-,31+,32-,33?,34?/m0/s1. The average Bonchev–Trinajstić information content (AvgIpc) is 3.80. The number of fused-ring (bicyclic) bond motifs is 5. The van der Waals surface area contributed by atoms with E-state index in [2.05, 4.69) is 33.4 Å². The number of epoxide rings is 1. The third-order valence-corrected chi connectivity index (χ3v) is 13.3. The molecule has 1 heterocycles. The lowest BCUT2D eigenvalue weighted by atomic mass is 9.43. The van der Waals surface area contributed by atoms with Gasteiger partial charge in [0.05, 0.1) is 12.2 Å². The summed E-state index contributed by atoms with van der Waals surface area (Å²) in [5.41, 5.74) is -0.423. The SMILES string of the molecule is C=C(C(=O)[C@H](OC(C)=O)C(C)[C@H]1[C@@H](OC(C)=O)C[C@@]2(C)[C@@H]3[C@H]4O[C@H]4[C@H]4[C@H](C)C(=O)C=CC45CC35CC[C@]12C)[C@@H](C)CO. The summed E-state index contributed by atoms with van der Waals surface area (Å²) < 4.78 is 18.3. The number of ether oxygens (including phenoxy) is 3. The van der Waals surface area contributed by atoms with Crippen LogP contribution in [0.5, 0.6) is 0 Å². The Balaban J connectivity index is 1.41. The van der Waals surface area contributed by atoms with Crippen LogP contribution in [-0.2, 0) is 33.4 Å². The molecule has 5 fully saturated rings. The minimum atomic E-state index is -1.11. The second-order valence-corrected chi connectivity index (χ2v) is 15.0. The van der Waals surface area contributed by atoms with E-state index in [1.807, 2.05) is 13.0 Å². The summed E-state index contributed by atoms with van der Waals surface area (Å²) in [6, 6.07) is 0. The highest BCUT2D eigenvalue weighted by molar-refractivity contribution is 5.99. The molecule has 42 heavy (non-hydrogen) atoms. The van der Waals surface area contributed by atoms with Gasteiger partial charge in [-0.25, -0.2) is 0 Å². The summed E-state index contributed by atoms with van der Waals surface area (Å²) >= 11 is 0. The van der Waals surface area contributed by atoms with Crippen molar-refractivity contribution >= 4 is 23.5 Å². The molecule has 230 valence electrons. The zero-order valence-electron chi connectivity index (χ0n) is 26.0. The molecule has 14 atom stereocenters. The molecule has 0 aromatic rings. The Labute approximate surface area is 248 Å². The number of carbonyl (C=O) groups excluding carboxylic acids is 4. The lowest BCUT2D eigenvalue weighted by Gasteiger charge is -2.59. The van der Waals surface area contributed by atoms with Gasteiger partial charge in [0.2, 0.25) is 0 Å². The van der Waals surface area contributed by atoms with Crippen molar-refractivity contribution in [1.29, 1.82) is 0 Å². The van der Waals surface area contributed by atoms with E-state index >= 15 is 0 Å². The number of aliphatic hydroxyl groups is 1. The van der Waals surface area contributed by atoms with Crippen LogP contribution in [0.2, 0.25) is 0 Å². The zero-order valence-corrected chi connectivity index (χ0v) is 26.0. The molecule has 1 aliphatic heterocycles. The molecule has 3 unspecified atom stereocenters. The molecule has 8 nitrogen and oxygen atoms in total. The monoisotopic (exact) mass is 582 g/mol. The molecule has 0 amide bonds. The maximum Gasteiger partial charge on any atom is 0.303 e. The molecule has 0 aromatic carbocycles. The molecule has 0 aromatic heterocycles. The first-order valence-electron chi connectivity index (χ1n) is 15.7. The van der Waals surface area contributed by atoms with Crippen LogP contribution in [0.15, 0.2) is 24.3 Å². The van der Waals surface area contributed by atoms with E-state index in [0.29, 0.717) is 6.42 Å². The number of aliphatic hydroxyl groups excluding tert-OH is 1. The Morgan fingerprint density at radius 2 is 1.81 bits per heavy atom. The van der Waals surface area contributed by atoms with Crippen molar-refractivity contribution in [3.63, 3.8) is 0 Å². The van der Waals surface area contributed by atoms with Crippen molar-refractivity contribution in [2.75, 3.05) is 6.61 Å². The Bertz CT molecular complexity index is 1290. The average molecular weight is 583 g/mol. The quantitative estimate of drug-likeness (QED) is 0.257. The number of allylic oxidation sites excluding steroid dienone is 2. The summed E-state index contributed by atoms with van der Waals surface area (Å²) in [6.07, 6.45) is 6.06. The lowest BCUT2D eigenvalue weighted by molar-refractivity contribution is -0.166. The highest BCUT2D eigenvalue weighted by atomic mass is 16.6. The second kappa shape index (κ2) is 9.34. The number of esters is 2. The molecule has 1 N–H and O–H groups in total. The zero-order chi connectivity index (χ0) is 30.7. The topological polar surface area (TPSA) is 120 Å². The van der Waals surface area contributed by atoms with Gasteiger partial charge in [-0.15, -0.1) is 0 Å². The van der Waals surface area contributed by atoms with E-state index in [-0.39, 0.29) is 81.5 Å². The Morgan fingerprint density at radius 3 is 2.43 bits per heavy atom. The first-order valence-corrected chi connectivity index (χ1v) is 15.7. The molecule has 8 heteroatoms. The maximum atomic E-state index is 13.8. The Hall–Kier alpha value is -2.32. The lowest BCUT2D eigenvalue weighted by Crippen LogP contribution is -2.58. The minimum Gasteiger partial charge on any atom is -0.462 e. The van der Waals surface area contributed by atoms with Crippen LogP contribution in [0.1, 0.15) is 74.1 Å². The molecule has 0 radical (unpaired) electrons. The molecule has 5 aliphatic carbocycles. The van der Waals surface area contributed by atoms with Crippen LogP contribution in [0.25, 0.3) is 0 Å². The summed E-state index contributed by atoms with van der Waals surface area (Å²) in [6.45, 7) is 16.7. The molecule has 1 saturated heterocycles. The van der Waals surface area contributed by atoms with E-state index in [1.165, 1.54) is 13.8 Å². The number of rotatable bonds is 8. The Kier molecular flexibility index (Phi) is 6.61. The van der Waals surface area contributed by atoms with E-state index in [1.54, 1.807) is 6.92 Å². The van der Waals surface area contributed by atoms with E-state index < -0.39 is 35.8 Å². The van der Waals surface area contributed by atoms with Crippen LogP contribution >= 0.6 is 0 Å². The fraction of sp³-hybridized carbons (Fsp3) is 0.765. The maximum absolute atomic E-state index is 13.8. The summed E-state index contributed by atoms with van der Waals surface area (Å²) in [5.74, 6) is -1.99. The number of Topliss-reactive ketones (excluding diaryl/α,β-unsaturated/α-hetero) is 1. The van der Waals surface area contributed by atoms with Crippen molar-refractivity contribution in [2.24, 2.45) is 57.2 Å². The van der Waals surface area contributed by atoms with Crippen molar-refractivity contribution in [2.45, 2.75) is 98.6 Å². The summed E-state index contributed by atoms with van der Waals surface area (Å²) in [5, 5.41) is 9.70. The van der Waals surface area contributed by atoms with Crippen LogP contribution in [0.4, 0.5) is 0 Å². The predicted octanol–water partition coefficient (Wildman–Crippen LogP) is 4.23. The first-order chi connectivity index (χ1) is 19.6. The largest absolute Gasteiger partial charge is 0.462 e. The van der Waals surface area contributed by atoms with Gasteiger partial charge in [0, 0.05) is 61.4 Å². The van der Waals surface area contributed by atoms with Crippen molar-refractivity contribution in [1.82, 2.24) is 0 Å². The van der Waals surface area contributed by atoms with E-state index in [4.69, 9.17) is 14.2 Å². The van der Waals surface area contributed by atoms with Crippen molar-refractivity contribution in [3.8, 4) is 0 Å².